The second-order valence-electron chi connectivity index (χ2n) is 4.84. The smallest absolute Gasteiger partial charge is 0.120 e. The van der Waals surface area contributed by atoms with Gasteiger partial charge in [0.25, 0.3) is 0 Å². The molecule has 18 heavy (non-hydrogen) atoms. The third-order valence-corrected chi connectivity index (χ3v) is 3.52. The number of nitrogens with one attached hydrogen (secondary N) is 1. The van der Waals surface area contributed by atoms with Gasteiger partial charge in [0, 0.05) is 37.8 Å². The lowest BCUT2D eigenvalue weighted by atomic mass is 9.98. The minimum Gasteiger partial charge on any atom is -0.508 e. The number of alkyl halides is 1. The number of nitrogens with zero attached hydrogens (tertiary/aromatic N) is 1. The van der Waals surface area contributed by atoms with Crippen molar-refractivity contribution in [2.45, 2.75) is 19.4 Å². The number of halogens is 1. The van der Waals surface area contributed by atoms with E-state index in [4.69, 9.17) is 0 Å². The van der Waals surface area contributed by atoms with E-state index in [0.29, 0.717) is 6.42 Å². The molecule has 0 unspecified atom stereocenters. The van der Waals surface area contributed by atoms with Gasteiger partial charge in [0.05, 0.1) is 6.67 Å². The number of piperazine rings is 1. The average molecular weight is 252 g/mol. The second-order valence-corrected chi connectivity index (χ2v) is 4.84. The molecule has 0 spiro atoms. The molecule has 1 atom stereocenters. The van der Waals surface area contributed by atoms with Crippen LogP contribution in [0.2, 0.25) is 0 Å². The van der Waals surface area contributed by atoms with E-state index in [1.807, 2.05) is 19.1 Å². The molecule has 0 aromatic heterocycles. The first-order valence-corrected chi connectivity index (χ1v) is 6.52. The molecule has 0 bridgehead atoms. The number of hydrogen-bond acceptors (Lipinski definition) is 3. The van der Waals surface area contributed by atoms with Crippen LogP contribution in [0.5, 0.6) is 5.75 Å². The maximum absolute atomic E-state index is 12.8. The highest BCUT2D eigenvalue weighted by atomic mass is 19.1. The standard InChI is InChI=1S/C14H21FN2O/c1-11-2-3-14(18)12(10-11)13(4-5-15)17-8-6-16-7-9-17/h2-3,10,13,16,18H,4-9H2,1H3/t13-/m0/s1. The molecule has 0 aliphatic carbocycles. The van der Waals surface area contributed by atoms with E-state index in [-0.39, 0.29) is 18.5 Å². The van der Waals surface area contributed by atoms with E-state index in [0.717, 1.165) is 37.3 Å². The van der Waals surface area contributed by atoms with Crippen LogP contribution in [0.4, 0.5) is 4.39 Å². The Morgan fingerprint density at radius 2 is 2.11 bits per heavy atom. The zero-order valence-corrected chi connectivity index (χ0v) is 10.8. The summed E-state index contributed by atoms with van der Waals surface area (Å²) in [6.07, 6.45) is 0.441. The fourth-order valence-electron chi connectivity index (χ4n) is 2.57. The minimum atomic E-state index is -0.359. The van der Waals surface area contributed by atoms with Gasteiger partial charge in [0.15, 0.2) is 0 Å². The first-order valence-electron chi connectivity index (χ1n) is 6.52. The molecular formula is C14H21FN2O. The molecule has 4 heteroatoms. The number of phenols is 1. The van der Waals surface area contributed by atoms with Gasteiger partial charge in [-0.1, -0.05) is 17.7 Å². The zero-order chi connectivity index (χ0) is 13.0. The monoisotopic (exact) mass is 252 g/mol. The van der Waals surface area contributed by atoms with Gasteiger partial charge in [-0.25, -0.2) is 0 Å². The van der Waals surface area contributed by atoms with Crippen LogP contribution in [0, 0.1) is 6.92 Å². The van der Waals surface area contributed by atoms with Crippen molar-refractivity contribution in [3.05, 3.63) is 29.3 Å². The first-order chi connectivity index (χ1) is 8.72. The molecule has 1 aliphatic rings. The van der Waals surface area contributed by atoms with Crippen LogP contribution >= 0.6 is 0 Å². The minimum absolute atomic E-state index is 0.0167. The van der Waals surface area contributed by atoms with Gasteiger partial charge in [0.2, 0.25) is 0 Å². The van der Waals surface area contributed by atoms with Crippen molar-refractivity contribution in [2.75, 3.05) is 32.9 Å². The molecule has 3 nitrogen and oxygen atoms in total. The Morgan fingerprint density at radius 3 is 2.78 bits per heavy atom. The van der Waals surface area contributed by atoms with Crippen LogP contribution in [-0.4, -0.2) is 42.9 Å². The summed E-state index contributed by atoms with van der Waals surface area (Å²) in [4.78, 5) is 2.25. The van der Waals surface area contributed by atoms with Crippen molar-refractivity contribution in [1.82, 2.24) is 10.2 Å². The van der Waals surface area contributed by atoms with Crippen LogP contribution in [0.1, 0.15) is 23.6 Å². The lowest BCUT2D eigenvalue weighted by molar-refractivity contribution is 0.155. The third-order valence-electron chi connectivity index (χ3n) is 3.52. The van der Waals surface area contributed by atoms with Crippen LogP contribution in [0.3, 0.4) is 0 Å². The molecule has 1 aromatic carbocycles. The maximum Gasteiger partial charge on any atom is 0.120 e. The van der Waals surface area contributed by atoms with Crippen molar-refractivity contribution in [1.29, 1.82) is 0 Å². The van der Waals surface area contributed by atoms with Gasteiger partial charge >= 0.3 is 0 Å². The molecule has 1 aliphatic heterocycles. The molecule has 0 saturated carbocycles. The quantitative estimate of drug-likeness (QED) is 0.860. The number of benzene rings is 1. The molecule has 2 N–H and O–H groups in total. The summed E-state index contributed by atoms with van der Waals surface area (Å²) in [5.41, 5.74) is 1.95. The lowest BCUT2D eigenvalue weighted by Crippen LogP contribution is -2.45. The number of aromatic hydroxyl groups is 1. The fourth-order valence-corrected chi connectivity index (χ4v) is 2.57. The highest BCUT2D eigenvalue weighted by Gasteiger charge is 2.24. The summed E-state index contributed by atoms with van der Waals surface area (Å²) < 4.78 is 12.8. The van der Waals surface area contributed by atoms with Gasteiger partial charge in [-0.3, -0.25) is 9.29 Å². The summed E-state index contributed by atoms with van der Waals surface area (Å²) >= 11 is 0. The van der Waals surface area contributed by atoms with E-state index < -0.39 is 0 Å². The Hall–Kier alpha value is -1.13. The Balaban J connectivity index is 2.24. The zero-order valence-electron chi connectivity index (χ0n) is 10.8. The number of rotatable bonds is 4. The van der Waals surface area contributed by atoms with Gasteiger partial charge in [-0.05, 0) is 19.4 Å². The normalized spacial score (nSPS) is 18.8. The van der Waals surface area contributed by atoms with E-state index in [2.05, 4.69) is 10.2 Å². The van der Waals surface area contributed by atoms with Crippen LogP contribution in [0.25, 0.3) is 0 Å². The molecule has 2 rings (SSSR count). The van der Waals surface area contributed by atoms with E-state index in [1.54, 1.807) is 6.07 Å². The summed E-state index contributed by atoms with van der Waals surface area (Å²) in [6.45, 7) is 5.29. The third kappa shape index (κ3) is 3.00. The number of phenolic OH excluding ortho intramolecular Hbond substituents is 1. The number of hydrogen-bond donors (Lipinski definition) is 2. The van der Waals surface area contributed by atoms with Crippen molar-refractivity contribution in [3.63, 3.8) is 0 Å². The van der Waals surface area contributed by atoms with E-state index in [1.165, 1.54) is 0 Å². The van der Waals surface area contributed by atoms with Crippen LogP contribution < -0.4 is 5.32 Å². The van der Waals surface area contributed by atoms with Gasteiger partial charge < -0.3 is 10.4 Å². The van der Waals surface area contributed by atoms with Crippen molar-refractivity contribution in [2.24, 2.45) is 0 Å². The largest absolute Gasteiger partial charge is 0.508 e. The summed E-state index contributed by atoms with van der Waals surface area (Å²) in [5.74, 6) is 0.276. The molecule has 1 saturated heterocycles. The van der Waals surface area contributed by atoms with E-state index in [9.17, 15) is 9.50 Å². The maximum atomic E-state index is 12.8. The topological polar surface area (TPSA) is 35.5 Å². The predicted octanol–water partition coefficient (Wildman–Crippen LogP) is 2.01. The molecule has 100 valence electrons. The predicted molar refractivity (Wildman–Crippen MR) is 70.6 cm³/mol. The summed E-state index contributed by atoms with van der Waals surface area (Å²) in [6, 6.07) is 5.54. The fraction of sp³-hybridized carbons (Fsp3) is 0.571. The molecule has 0 radical (unpaired) electrons. The van der Waals surface area contributed by atoms with Crippen molar-refractivity contribution < 1.29 is 9.50 Å². The Bertz CT molecular complexity index is 391. The summed E-state index contributed by atoms with van der Waals surface area (Å²) in [7, 11) is 0. The molecule has 1 aromatic rings. The Labute approximate surface area is 108 Å². The first kappa shape index (κ1) is 13.3. The van der Waals surface area contributed by atoms with Gasteiger partial charge in [0.1, 0.15) is 5.75 Å². The summed E-state index contributed by atoms with van der Waals surface area (Å²) in [5, 5.41) is 13.3. The molecular weight excluding hydrogens is 231 g/mol. The van der Waals surface area contributed by atoms with Crippen LogP contribution in [-0.2, 0) is 0 Å². The number of aryl methyl sites for hydroxylation is 1. The van der Waals surface area contributed by atoms with Gasteiger partial charge in [-0.15, -0.1) is 0 Å². The molecule has 0 amide bonds. The second kappa shape index (κ2) is 6.16. The highest BCUT2D eigenvalue weighted by molar-refractivity contribution is 5.38. The van der Waals surface area contributed by atoms with Crippen LogP contribution in [0.15, 0.2) is 18.2 Å². The average Bonchev–Trinajstić information content (AvgIpc) is 2.40. The van der Waals surface area contributed by atoms with Crippen molar-refractivity contribution in [3.8, 4) is 5.75 Å². The van der Waals surface area contributed by atoms with Gasteiger partial charge in [-0.2, -0.15) is 0 Å². The Morgan fingerprint density at radius 1 is 1.39 bits per heavy atom. The highest BCUT2D eigenvalue weighted by Crippen LogP contribution is 2.32. The molecule has 1 heterocycles. The SMILES string of the molecule is Cc1ccc(O)c([C@H](CCF)N2CCNCC2)c1. The Kier molecular flexibility index (Phi) is 4.55. The van der Waals surface area contributed by atoms with Crippen molar-refractivity contribution >= 4 is 0 Å². The van der Waals surface area contributed by atoms with E-state index >= 15 is 0 Å². The lowest BCUT2D eigenvalue weighted by Gasteiger charge is -2.35. The molecule has 1 fully saturated rings.